The fourth-order valence-electron chi connectivity index (χ4n) is 5.74. The first kappa shape index (κ1) is 22.2. The number of hydrogen-bond acceptors (Lipinski definition) is 2. The minimum absolute atomic E-state index is 0.0922. The molecule has 0 bridgehead atoms. The molecule has 2 aromatic carbocycles. The van der Waals surface area contributed by atoms with Crippen LogP contribution in [-0.4, -0.2) is 30.5 Å². The number of hydrogen-bond donors (Lipinski definition) is 0. The lowest BCUT2D eigenvalue weighted by Crippen LogP contribution is -2.45. The van der Waals surface area contributed by atoms with Gasteiger partial charge in [0.25, 0.3) is 0 Å². The summed E-state index contributed by atoms with van der Waals surface area (Å²) in [6.07, 6.45) is 14.6. The molecular formula is C28H39NO2. The second kappa shape index (κ2) is 10.5. The van der Waals surface area contributed by atoms with Crippen molar-refractivity contribution in [1.82, 2.24) is 4.90 Å². The summed E-state index contributed by atoms with van der Waals surface area (Å²) in [5, 5.41) is 2.32. The predicted molar refractivity (Wildman–Crippen MR) is 129 cm³/mol. The summed E-state index contributed by atoms with van der Waals surface area (Å²) < 4.78 is 5.34. The van der Waals surface area contributed by atoms with Crippen molar-refractivity contribution in [3.8, 4) is 5.75 Å². The summed E-state index contributed by atoms with van der Waals surface area (Å²) in [4.78, 5) is 15.7. The molecule has 2 aromatic rings. The standard InChI is InChI=1S/C28H39NO2/c1-21(23-14-15-25-20-27(31-2)17-16-24(25)19-23)28(30)29-18-7-6-12-26(29)13-8-11-22-9-4-3-5-10-22/h14-17,19-22,26H,3-13,18H2,1-2H3. The first-order chi connectivity index (χ1) is 15.2. The third kappa shape index (κ3) is 5.42. The van der Waals surface area contributed by atoms with Gasteiger partial charge in [-0.1, -0.05) is 69.2 Å². The van der Waals surface area contributed by atoms with Gasteiger partial charge in [0.05, 0.1) is 13.0 Å². The SMILES string of the molecule is COc1ccc2cc(C(C)C(=O)N3CCCCC3CCCC3CCCCC3)ccc2c1. The molecule has 2 fully saturated rings. The summed E-state index contributed by atoms with van der Waals surface area (Å²) in [6.45, 7) is 3.02. The van der Waals surface area contributed by atoms with Crippen molar-refractivity contribution in [3.05, 3.63) is 42.0 Å². The molecular weight excluding hydrogens is 382 g/mol. The highest BCUT2D eigenvalue weighted by molar-refractivity contribution is 5.88. The van der Waals surface area contributed by atoms with Gasteiger partial charge in [-0.15, -0.1) is 0 Å². The predicted octanol–water partition coefficient (Wildman–Crippen LogP) is 7.08. The molecule has 0 spiro atoms. The van der Waals surface area contributed by atoms with Crippen LogP contribution >= 0.6 is 0 Å². The third-order valence-electron chi connectivity index (χ3n) is 7.73. The van der Waals surface area contributed by atoms with Crippen molar-refractivity contribution in [2.24, 2.45) is 5.92 Å². The molecule has 0 radical (unpaired) electrons. The van der Waals surface area contributed by atoms with Gasteiger partial charge in [-0.3, -0.25) is 4.79 Å². The van der Waals surface area contributed by atoms with Crippen molar-refractivity contribution < 1.29 is 9.53 Å². The van der Waals surface area contributed by atoms with Crippen molar-refractivity contribution in [2.45, 2.75) is 89.5 Å². The van der Waals surface area contributed by atoms with E-state index in [9.17, 15) is 4.79 Å². The van der Waals surface area contributed by atoms with Gasteiger partial charge < -0.3 is 9.64 Å². The molecule has 1 aliphatic heterocycles. The molecule has 168 valence electrons. The number of carbonyl (C=O) groups excluding carboxylic acids is 1. The van der Waals surface area contributed by atoms with E-state index in [1.54, 1.807) is 7.11 Å². The van der Waals surface area contributed by atoms with Crippen LogP contribution in [0.2, 0.25) is 0 Å². The maximum Gasteiger partial charge on any atom is 0.230 e. The molecule has 3 nitrogen and oxygen atoms in total. The number of fused-ring (bicyclic) bond motifs is 1. The van der Waals surface area contributed by atoms with E-state index in [1.807, 2.05) is 6.07 Å². The quantitative estimate of drug-likeness (QED) is 0.478. The van der Waals surface area contributed by atoms with Gasteiger partial charge in [0.15, 0.2) is 0 Å². The fraction of sp³-hybridized carbons (Fsp3) is 0.607. The molecule has 31 heavy (non-hydrogen) atoms. The molecule has 1 saturated carbocycles. The van der Waals surface area contributed by atoms with E-state index in [-0.39, 0.29) is 5.92 Å². The summed E-state index contributed by atoms with van der Waals surface area (Å²) in [6, 6.07) is 13.0. The van der Waals surface area contributed by atoms with Crippen LogP contribution in [0.15, 0.2) is 36.4 Å². The molecule has 3 heteroatoms. The number of methoxy groups -OCH3 is 1. The van der Waals surface area contributed by atoms with E-state index >= 15 is 0 Å². The topological polar surface area (TPSA) is 29.5 Å². The molecule has 0 aromatic heterocycles. The lowest BCUT2D eigenvalue weighted by atomic mass is 9.84. The molecule has 2 atom stereocenters. The summed E-state index contributed by atoms with van der Waals surface area (Å²) in [5.41, 5.74) is 1.12. The monoisotopic (exact) mass is 421 g/mol. The smallest absolute Gasteiger partial charge is 0.230 e. The van der Waals surface area contributed by atoms with Crippen LogP contribution in [0, 0.1) is 5.92 Å². The third-order valence-corrected chi connectivity index (χ3v) is 7.73. The number of amides is 1. The van der Waals surface area contributed by atoms with E-state index in [4.69, 9.17) is 4.74 Å². The van der Waals surface area contributed by atoms with Gasteiger partial charge in [0.2, 0.25) is 5.91 Å². The Bertz CT molecular complexity index is 870. The Morgan fingerprint density at radius 2 is 1.71 bits per heavy atom. The highest BCUT2D eigenvalue weighted by Gasteiger charge is 2.30. The van der Waals surface area contributed by atoms with Gasteiger partial charge in [-0.05, 0) is 67.0 Å². The zero-order valence-corrected chi connectivity index (χ0v) is 19.4. The molecule has 1 aliphatic carbocycles. The van der Waals surface area contributed by atoms with E-state index < -0.39 is 0 Å². The van der Waals surface area contributed by atoms with Crippen molar-refractivity contribution >= 4 is 16.7 Å². The van der Waals surface area contributed by atoms with Crippen LogP contribution in [0.1, 0.15) is 89.0 Å². The average molecular weight is 422 g/mol. The Hall–Kier alpha value is -2.03. The van der Waals surface area contributed by atoms with E-state index in [0.717, 1.165) is 35.6 Å². The number of likely N-dealkylation sites (tertiary alicyclic amines) is 1. The Morgan fingerprint density at radius 3 is 2.52 bits per heavy atom. The zero-order valence-electron chi connectivity index (χ0n) is 19.4. The van der Waals surface area contributed by atoms with Gasteiger partial charge in [-0.2, -0.15) is 0 Å². The Balaban J connectivity index is 1.40. The van der Waals surface area contributed by atoms with Crippen LogP contribution in [0.5, 0.6) is 5.75 Å². The number of rotatable bonds is 7. The van der Waals surface area contributed by atoms with Crippen molar-refractivity contribution in [2.75, 3.05) is 13.7 Å². The van der Waals surface area contributed by atoms with E-state index in [2.05, 4.69) is 42.2 Å². The van der Waals surface area contributed by atoms with Crippen LogP contribution in [0.3, 0.4) is 0 Å². The number of nitrogens with zero attached hydrogens (tertiary/aromatic N) is 1. The average Bonchev–Trinajstić information content (AvgIpc) is 2.83. The molecule has 2 unspecified atom stereocenters. The van der Waals surface area contributed by atoms with Gasteiger partial charge in [-0.25, -0.2) is 0 Å². The van der Waals surface area contributed by atoms with Gasteiger partial charge >= 0.3 is 0 Å². The van der Waals surface area contributed by atoms with E-state index in [1.165, 1.54) is 69.6 Å². The highest BCUT2D eigenvalue weighted by Crippen LogP contribution is 2.32. The number of piperidine rings is 1. The minimum Gasteiger partial charge on any atom is -0.497 e. The number of ether oxygens (including phenoxy) is 1. The molecule has 4 rings (SSSR count). The first-order valence-corrected chi connectivity index (χ1v) is 12.5. The lowest BCUT2D eigenvalue weighted by Gasteiger charge is -2.38. The van der Waals surface area contributed by atoms with E-state index in [0.29, 0.717) is 11.9 Å². The molecule has 1 heterocycles. The minimum atomic E-state index is -0.0922. The molecule has 1 amide bonds. The Morgan fingerprint density at radius 1 is 0.968 bits per heavy atom. The van der Waals surface area contributed by atoms with Crippen LogP contribution in [0.4, 0.5) is 0 Å². The second-order valence-electron chi connectivity index (χ2n) is 9.81. The zero-order chi connectivity index (χ0) is 21.6. The normalized spacial score (nSPS) is 21.2. The Kier molecular flexibility index (Phi) is 7.53. The molecule has 1 saturated heterocycles. The molecule has 0 N–H and O–H groups in total. The highest BCUT2D eigenvalue weighted by atomic mass is 16.5. The van der Waals surface area contributed by atoms with Crippen LogP contribution in [0.25, 0.3) is 10.8 Å². The maximum absolute atomic E-state index is 13.5. The van der Waals surface area contributed by atoms with Crippen molar-refractivity contribution in [3.63, 3.8) is 0 Å². The Labute approximate surface area is 188 Å². The summed E-state index contributed by atoms with van der Waals surface area (Å²) >= 11 is 0. The summed E-state index contributed by atoms with van der Waals surface area (Å²) in [7, 11) is 1.69. The van der Waals surface area contributed by atoms with Gasteiger partial charge in [0.1, 0.15) is 5.75 Å². The van der Waals surface area contributed by atoms with Crippen LogP contribution < -0.4 is 4.74 Å². The maximum atomic E-state index is 13.5. The largest absolute Gasteiger partial charge is 0.497 e. The van der Waals surface area contributed by atoms with Crippen molar-refractivity contribution in [1.29, 1.82) is 0 Å². The molecule has 2 aliphatic rings. The fourth-order valence-corrected chi connectivity index (χ4v) is 5.74. The lowest BCUT2D eigenvalue weighted by molar-refractivity contribution is -0.136. The first-order valence-electron chi connectivity index (χ1n) is 12.5. The van der Waals surface area contributed by atoms with Gasteiger partial charge in [0, 0.05) is 12.6 Å². The number of benzene rings is 2. The number of carbonyl (C=O) groups is 1. The van der Waals surface area contributed by atoms with Crippen LogP contribution in [-0.2, 0) is 4.79 Å². The second-order valence-corrected chi connectivity index (χ2v) is 9.81. The summed E-state index contributed by atoms with van der Waals surface area (Å²) in [5.74, 6) is 2.03.